The van der Waals surface area contributed by atoms with Gasteiger partial charge in [-0.05, 0) is 31.2 Å². The third-order valence-corrected chi connectivity index (χ3v) is 4.25. The SMILES string of the molecule is O=C(NC1CC1)C1CCN(C(=O)OCc2ccccc2)CC1. The fourth-order valence-corrected chi connectivity index (χ4v) is 2.68. The highest BCUT2D eigenvalue weighted by molar-refractivity contribution is 5.79. The van der Waals surface area contributed by atoms with Gasteiger partial charge in [0.25, 0.3) is 0 Å². The van der Waals surface area contributed by atoms with E-state index in [0.29, 0.717) is 25.7 Å². The molecule has 2 aliphatic rings. The second-order valence-corrected chi connectivity index (χ2v) is 6.08. The molecule has 1 heterocycles. The third kappa shape index (κ3) is 4.00. The zero-order chi connectivity index (χ0) is 15.4. The average Bonchev–Trinajstić information content (AvgIpc) is 3.37. The molecule has 0 aromatic heterocycles. The smallest absolute Gasteiger partial charge is 0.410 e. The van der Waals surface area contributed by atoms with Crippen LogP contribution in [0.1, 0.15) is 31.2 Å². The number of ether oxygens (including phenoxy) is 1. The second-order valence-electron chi connectivity index (χ2n) is 6.08. The largest absolute Gasteiger partial charge is 0.445 e. The number of nitrogens with zero attached hydrogens (tertiary/aromatic N) is 1. The molecule has 1 N–H and O–H groups in total. The average molecular weight is 302 g/mol. The molecule has 0 atom stereocenters. The Morgan fingerprint density at radius 3 is 2.41 bits per heavy atom. The Morgan fingerprint density at radius 1 is 1.09 bits per heavy atom. The molecule has 0 bridgehead atoms. The number of likely N-dealkylation sites (tertiary alicyclic amines) is 1. The second kappa shape index (κ2) is 6.81. The van der Waals surface area contributed by atoms with Crippen molar-refractivity contribution in [2.45, 2.75) is 38.3 Å². The Kier molecular flexibility index (Phi) is 4.61. The first-order chi connectivity index (χ1) is 10.7. The summed E-state index contributed by atoms with van der Waals surface area (Å²) in [6.07, 6.45) is 3.37. The zero-order valence-corrected chi connectivity index (χ0v) is 12.7. The van der Waals surface area contributed by atoms with Gasteiger partial charge in [0.15, 0.2) is 0 Å². The Morgan fingerprint density at radius 2 is 1.77 bits per heavy atom. The van der Waals surface area contributed by atoms with Crippen molar-refractivity contribution in [3.05, 3.63) is 35.9 Å². The summed E-state index contributed by atoms with van der Waals surface area (Å²) >= 11 is 0. The molecule has 0 radical (unpaired) electrons. The van der Waals surface area contributed by atoms with Crippen LogP contribution in [0.5, 0.6) is 0 Å². The highest BCUT2D eigenvalue weighted by Crippen LogP contribution is 2.23. The lowest BCUT2D eigenvalue weighted by Gasteiger charge is -2.30. The van der Waals surface area contributed by atoms with E-state index in [4.69, 9.17) is 4.74 Å². The van der Waals surface area contributed by atoms with E-state index in [1.807, 2.05) is 30.3 Å². The van der Waals surface area contributed by atoms with Gasteiger partial charge in [0, 0.05) is 25.0 Å². The van der Waals surface area contributed by atoms with Gasteiger partial charge in [-0.1, -0.05) is 30.3 Å². The van der Waals surface area contributed by atoms with Gasteiger partial charge in [-0.25, -0.2) is 4.79 Å². The first-order valence-corrected chi connectivity index (χ1v) is 7.98. The van der Waals surface area contributed by atoms with Crippen LogP contribution in [0.3, 0.4) is 0 Å². The summed E-state index contributed by atoms with van der Waals surface area (Å²) in [6, 6.07) is 10.0. The highest BCUT2D eigenvalue weighted by Gasteiger charge is 2.31. The summed E-state index contributed by atoms with van der Waals surface area (Å²) < 4.78 is 5.32. The Labute approximate surface area is 130 Å². The van der Waals surface area contributed by atoms with Crippen molar-refractivity contribution >= 4 is 12.0 Å². The van der Waals surface area contributed by atoms with Crippen LogP contribution in [0.4, 0.5) is 4.79 Å². The molecular weight excluding hydrogens is 280 g/mol. The molecule has 1 aromatic carbocycles. The fourth-order valence-electron chi connectivity index (χ4n) is 2.68. The van der Waals surface area contributed by atoms with Gasteiger partial charge < -0.3 is 15.0 Å². The number of nitrogens with one attached hydrogen (secondary N) is 1. The van der Waals surface area contributed by atoms with Crippen molar-refractivity contribution in [3.8, 4) is 0 Å². The van der Waals surface area contributed by atoms with Crippen molar-refractivity contribution in [1.29, 1.82) is 0 Å². The molecular formula is C17H22N2O3. The first-order valence-electron chi connectivity index (χ1n) is 7.98. The number of carbonyl (C=O) groups excluding carboxylic acids is 2. The summed E-state index contributed by atoms with van der Waals surface area (Å²) in [6.45, 7) is 1.48. The van der Waals surface area contributed by atoms with Crippen molar-refractivity contribution in [3.63, 3.8) is 0 Å². The number of carbonyl (C=O) groups is 2. The van der Waals surface area contributed by atoms with Gasteiger partial charge in [-0.15, -0.1) is 0 Å². The van der Waals surface area contributed by atoms with Crippen LogP contribution in [0.15, 0.2) is 30.3 Å². The van der Waals surface area contributed by atoms with E-state index < -0.39 is 0 Å². The number of benzene rings is 1. The molecule has 0 unspecified atom stereocenters. The molecule has 1 aliphatic carbocycles. The molecule has 22 heavy (non-hydrogen) atoms. The Hall–Kier alpha value is -2.04. The van der Waals surface area contributed by atoms with Crippen molar-refractivity contribution in [2.75, 3.05) is 13.1 Å². The van der Waals surface area contributed by atoms with Crippen molar-refractivity contribution in [1.82, 2.24) is 10.2 Å². The van der Waals surface area contributed by atoms with Crippen molar-refractivity contribution < 1.29 is 14.3 Å². The molecule has 1 saturated heterocycles. The molecule has 1 aliphatic heterocycles. The fraction of sp³-hybridized carbons (Fsp3) is 0.529. The number of piperidine rings is 1. The first kappa shape index (κ1) is 14.9. The van der Waals surface area contributed by atoms with Gasteiger partial charge in [0.2, 0.25) is 5.91 Å². The topological polar surface area (TPSA) is 58.6 Å². The monoisotopic (exact) mass is 302 g/mol. The number of rotatable bonds is 4. The van der Waals surface area contributed by atoms with Crippen LogP contribution in [-0.2, 0) is 16.1 Å². The summed E-state index contributed by atoms with van der Waals surface area (Å²) in [7, 11) is 0. The quantitative estimate of drug-likeness (QED) is 0.928. The molecule has 1 aromatic rings. The maximum atomic E-state index is 12.0. The minimum atomic E-state index is -0.287. The predicted octanol–water partition coefficient (Wildman–Crippen LogP) is 2.31. The van der Waals surface area contributed by atoms with Crippen LogP contribution in [0.2, 0.25) is 0 Å². The highest BCUT2D eigenvalue weighted by atomic mass is 16.6. The molecule has 0 spiro atoms. The minimum Gasteiger partial charge on any atom is -0.445 e. The lowest BCUT2D eigenvalue weighted by molar-refractivity contribution is -0.126. The number of hydrogen-bond donors (Lipinski definition) is 1. The van der Waals surface area contributed by atoms with E-state index in [-0.39, 0.29) is 17.9 Å². The normalized spacial score (nSPS) is 18.8. The van der Waals surface area contributed by atoms with Gasteiger partial charge in [-0.2, -0.15) is 0 Å². The molecule has 5 nitrogen and oxygen atoms in total. The zero-order valence-electron chi connectivity index (χ0n) is 12.7. The van der Waals surface area contributed by atoms with Crippen LogP contribution in [-0.4, -0.2) is 36.0 Å². The van der Waals surface area contributed by atoms with Crippen LogP contribution in [0, 0.1) is 5.92 Å². The summed E-state index contributed by atoms with van der Waals surface area (Å²) in [4.78, 5) is 25.7. The summed E-state index contributed by atoms with van der Waals surface area (Å²) in [5, 5.41) is 3.04. The van der Waals surface area contributed by atoms with E-state index in [1.165, 1.54) is 0 Å². The lowest BCUT2D eigenvalue weighted by atomic mass is 9.96. The molecule has 1 saturated carbocycles. The van der Waals surface area contributed by atoms with Crippen LogP contribution in [0.25, 0.3) is 0 Å². The van der Waals surface area contributed by atoms with Crippen LogP contribution >= 0.6 is 0 Å². The molecule has 118 valence electrons. The molecule has 2 amide bonds. The molecule has 3 rings (SSSR count). The Bertz CT molecular complexity index is 520. The van der Waals surface area contributed by atoms with E-state index in [9.17, 15) is 9.59 Å². The predicted molar refractivity (Wildman–Crippen MR) is 82.1 cm³/mol. The van der Waals surface area contributed by atoms with E-state index in [1.54, 1.807) is 4.90 Å². The van der Waals surface area contributed by atoms with Crippen LogP contribution < -0.4 is 5.32 Å². The maximum Gasteiger partial charge on any atom is 0.410 e. The molecule has 2 fully saturated rings. The maximum absolute atomic E-state index is 12.0. The number of hydrogen-bond acceptors (Lipinski definition) is 3. The van der Waals surface area contributed by atoms with Gasteiger partial charge in [0.1, 0.15) is 6.61 Å². The third-order valence-electron chi connectivity index (χ3n) is 4.25. The molecule has 5 heteroatoms. The lowest BCUT2D eigenvalue weighted by Crippen LogP contribution is -2.43. The van der Waals surface area contributed by atoms with E-state index in [0.717, 1.165) is 31.2 Å². The van der Waals surface area contributed by atoms with E-state index in [2.05, 4.69) is 5.32 Å². The summed E-state index contributed by atoms with van der Waals surface area (Å²) in [5.74, 6) is 0.193. The van der Waals surface area contributed by atoms with E-state index >= 15 is 0 Å². The van der Waals surface area contributed by atoms with Gasteiger partial charge >= 0.3 is 6.09 Å². The number of amides is 2. The summed E-state index contributed by atoms with van der Waals surface area (Å²) in [5.41, 5.74) is 0.981. The van der Waals surface area contributed by atoms with Gasteiger partial charge in [-0.3, -0.25) is 4.79 Å². The Balaban J connectivity index is 1.40. The standard InChI is InChI=1S/C17H22N2O3/c20-16(18-15-6-7-15)14-8-10-19(11-9-14)17(21)22-12-13-4-2-1-3-5-13/h1-5,14-15H,6-12H2,(H,18,20). The minimum absolute atomic E-state index is 0.0405. The van der Waals surface area contributed by atoms with Crippen molar-refractivity contribution in [2.24, 2.45) is 5.92 Å². The van der Waals surface area contributed by atoms with Gasteiger partial charge in [0.05, 0.1) is 0 Å².